The molecule has 4 heteroatoms. The molecule has 1 rings (SSSR count). The normalized spacial score (nSPS) is 10.1. The average molecular weight is 236 g/mol. The molecule has 0 saturated heterocycles. The maximum absolute atomic E-state index is 11.1. The standard InChI is InChI=1S/C12H10ClNO2/c1-2-16-12(15)7-6-9-4-3-5-11(13)10(9)8-14/h3-7H,2H2,1H3/b7-6+. The van der Waals surface area contributed by atoms with Crippen molar-refractivity contribution in [2.24, 2.45) is 0 Å². The van der Waals surface area contributed by atoms with Crippen LogP contribution < -0.4 is 0 Å². The summed E-state index contributed by atoms with van der Waals surface area (Å²) in [5.74, 6) is -0.439. The molecule has 0 radical (unpaired) electrons. The first-order chi connectivity index (χ1) is 7.69. The lowest BCUT2D eigenvalue weighted by atomic mass is 10.1. The lowest BCUT2D eigenvalue weighted by Crippen LogP contribution is -1.98. The van der Waals surface area contributed by atoms with E-state index in [0.29, 0.717) is 22.8 Å². The van der Waals surface area contributed by atoms with Crippen molar-refractivity contribution in [3.05, 3.63) is 40.4 Å². The molecule has 82 valence electrons. The first-order valence-electron chi connectivity index (χ1n) is 4.72. The predicted molar refractivity (Wildman–Crippen MR) is 61.8 cm³/mol. The van der Waals surface area contributed by atoms with E-state index in [2.05, 4.69) is 0 Å². The van der Waals surface area contributed by atoms with Gasteiger partial charge in [0.05, 0.1) is 17.2 Å². The maximum atomic E-state index is 11.1. The van der Waals surface area contributed by atoms with Crippen LogP contribution in [0.25, 0.3) is 6.08 Å². The molecule has 0 fully saturated rings. The molecule has 0 unspecified atom stereocenters. The Morgan fingerprint density at radius 1 is 1.62 bits per heavy atom. The summed E-state index contributed by atoms with van der Waals surface area (Å²) in [5, 5.41) is 9.25. The molecule has 0 spiro atoms. The van der Waals surface area contributed by atoms with Crippen molar-refractivity contribution < 1.29 is 9.53 Å². The number of nitriles is 1. The van der Waals surface area contributed by atoms with Crippen LogP contribution in [0.5, 0.6) is 0 Å². The minimum Gasteiger partial charge on any atom is -0.463 e. The molecule has 0 aromatic heterocycles. The van der Waals surface area contributed by atoms with Gasteiger partial charge < -0.3 is 4.74 Å². The number of rotatable bonds is 3. The first kappa shape index (κ1) is 12.3. The van der Waals surface area contributed by atoms with Crippen molar-refractivity contribution in [1.82, 2.24) is 0 Å². The quantitative estimate of drug-likeness (QED) is 0.598. The second-order valence-electron chi connectivity index (χ2n) is 2.90. The monoisotopic (exact) mass is 235 g/mol. The van der Waals surface area contributed by atoms with Gasteiger partial charge in [-0.25, -0.2) is 4.79 Å². The van der Waals surface area contributed by atoms with E-state index in [9.17, 15) is 4.79 Å². The Bertz CT molecular complexity index is 461. The Hall–Kier alpha value is -1.79. The molecule has 0 amide bonds. The molecule has 3 nitrogen and oxygen atoms in total. The zero-order valence-corrected chi connectivity index (χ0v) is 9.49. The number of hydrogen-bond donors (Lipinski definition) is 0. The van der Waals surface area contributed by atoms with Crippen molar-refractivity contribution >= 4 is 23.6 Å². The molecule has 0 aliphatic heterocycles. The van der Waals surface area contributed by atoms with Crippen LogP contribution >= 0.6 is 11.6 Å². The number of esters is 1. The van der Waals surface area contributed by atoms with E-state index in [1.54, 1.807) is 25.1 Å². The zero-order chi connectivity index (χ0) is 12.0. The molecule has 0 saturated carbocycles. The minimum absolute atomic E-state index is 0.323. The van der Waals surface area contributed by atoms with Crippen molar-refractivity contribution in [1.29, 1.82) is 5.26 Å². The van der Waals surface area contributed by atoms with Crippen molar-refractivity contribution in [3.63, 3.8) is 0 Å². The highest BCUT2D eigenvalue weighted by Crippen LogP contribution is 2.19. The third kappa shape index (κ3) is 3.11. The van der Waals surface area contributed by atoms with Gasteiger partial charge >= 0.3 is 5.97 Å². The summed E-state index contributed by atoms with van der Waals surface area (Å²) in [6.45, 7) is 2.05. The van der Waals surface area contributed by atoms with E-state index in [-0.39, 0.29) is 0 Å². The van der Waals surface area contributed by atoms with Crippen LogP contribution in [0.4, 0.5) is 0 Å². The largest absolute Gasteiger partial charge is 0.463 e. The number of carbonyl (C=O) groups excluding carboxylic acids is 1. The van der Waals surface area contributed by atoms with Crippen LogP contribution in [0.15, 0.2) is 24.3 Å². The summed E-state index contributed by atoms with van der Waals surface area (Å²) < 4.78 is 4.73. The summed E-state index contributed by atoms with van der Waals surface area (Å²) in [6.07, 6.45) is 2.79. The lowest BCUT2D eigenvalue weighted by Gasteiger charge is -1.99. The van der Waals surface area contributed by atoms with Gasteiger partial charge in [-0.05, 0) is 24.6 Å². The molecule has 0 heterocycles. The van der Waals surface area contributed by atoms with Gasteiger partial charge in [0.25, 0.3) is 0 Å². The van der Waals surface area contributed by atoms with Gasteiger partial charge in [0, 0.05) is 6.08 Å². The number of halogens is 1. The summed E-state index contributed by atoms with van der Waals surface area (Å²) >= 11 is 5.83. The highest BCUT2D eigenvalue weighted by molar-refractivity contribution is 6.32. The predicted octanol–water partition coefficient (Wildman–Crippen LogP) is 2.79. The molecule has 0 N–H and O–H groups in total. The number of ether oxygens (including phenoxy) is 1. The van der Waals surface area contributed by atoms with Crippen molar-refractivity contribution in [2.75, 3.05) is 6.61 Å². The Kier molecular flexibility index (Phi) is 4.56. The summed E-state index contributed by atoms with van der Waals surface area (Å²) in [5.41, 5.74) is 0.952. The zero-order valence-electron chi connectivity index (χ0n) is 8.74. The van der Waals surface area contributed by atoms with Crippen molar-refractivity contribution in [2.45, 2.75) is 6.92 Å². The van der Waals surface area contributed by atoms with Gasteiger partial charge in [-0.2, -0.15) is 5.26 Å². The molecule has 1 aromatic carbocycles. The summed E-state index contributed by atoms with van der Waals surface area (Å²) in [4.78, 5) is 11.1. The van der Waals surface area contributed by atoms with Gasteiger partial charge in [0.2, 0.25) is 0 Å². The average Bonchev–Trinajstić information content (AvgIpc) is 2.27. The lowest BCUT2D eigenvalue weighted by molar-refractivity contribution is -0.137. The van der Waals surface area contributed by atoms with E-state index in [0.717, 1.165) is 0 Å². The van der Waals surface area contributed by atoms with Gasteiger partial charge in [0.15, 0.2) is 0 Å². The van der Waals surface area contributed by atoms with E-state index in [4.69, 9.17) is 21.6 Å². The van der Waals surface area contributed by atoms with Crippen LogP contribution in [0, 0.1) is 11.3 Å². The molecule has 0 atom stereocenters. The van der Waals surface area contributed by atoms with Crippen LogP contribution in [-0.4, -0.2) is 12.6 Å². The fraction of sp³-hybridized carbons (Fsp3) is 0.167. The first-order valence-corrected chi connectivity index (χ1v) is 5.10. The molecule has 0 bridgehead atoms. The fourth-order valence-corrected chi connectivity index (χ4v) is 1.37. The SMILES string of the molecule is CCOC(=O)/C=C/c1cccc(Cl)c1C#N. The van der Waals surface area contributed by atoms with Crippen molar-refractivity contribution in [3.8, 4) is 6.07 Å². The van der Waals surface area contributed by atoms with Crippen LogP contribution in [0.2, 0.25) is 5.02 Å². The summed E-state index contributed by atoms with van der Waals surface area (Å²) in [7, 11) is 0. The van der Waals surface area contributed by atoms with Crippen LogP contribution in [-0.2, 0) is 9.53 Å². The Labute approximate surface area is 98.9 Å². The van der Waals surface area contributed by atoms with E-state index in [1.165, 1.54) is 12.2 Å². The minimum atomic E-state index is -0.439. The highest BCUT2D eigenvalue weighted by atomic mass is 35.5. The van der Waals surface area contributed by atoms with Gasteiger partial charge in [-0.1, -0.05) is 23.7 Å². The molecule has 1 aromatic rings. The molecule has 0 aliphatic carbocycles. The molecule has 16 heavy (non-hydrogen) atoms. The topological polar surface area (TPSA) is 50.1 Å². The molecular weight excluding hydrogens is 226 g/mol. The van der Waals surface area contributed by atoms with Gasteiger partial charge in [0.1, 0.15) is 6.07 Å². The highest BCUT2D eigenvalue weighted by Gasteiger charge is 2.03. The fourth-order valence-electron chi connectivity index (χ4n) is 1.15. The Morgan fingerprint density at radius 2 is 2.38 bits per heavy atom. The second-order valence-corrected chi connectivity index (χ2v) is 3.31. The Balaban J connectivity index is 2.94. The Morgan fingerprint density at radius 3 is 3.00 bits per heavy atom. The maximum Gasteiger partial charge on any atom is 0.330 e. The van der Waals surface area contributed by atoms with Gasteiger partial charge in [-0.3, -0.25) is 0 Å². The van der Waals surface area contributed by atoms with Crippen LogP contribution in [0.1, 0.15) is 18.1 Å². The third-order valence-electron chi connectivity index (χ3n) is 1.84. The summed E-state index contributed by atoms with van der Waals surface area (Å²) in [6, 6.07) is 7.04. The number of nitrogens with zero attached hydrogens (tertiary/aromatic N) is 1. The molecule has 0 aliphatic rings. The van der Waals surface area contributed by atoms with Crippen LogP contribution in [0.3, 0.4) is 0 Å². The van der Waals surface area contributed by atoms with E-state index >= 15 is 0 Å². The third-order valence-corrected chi connectivity index (χ3v) is 2.16. The number of carbonyl (C=O) groups is 1. The van der Waals surface area contributed by atoms with E-state index in [1.807, 2.05) is 6.07 Å². The molecular formula is C12H10ClNO2. The number of benzene rings is 1. The van der Waals surface area contributed by atoms with E-state index < -0.39 is 5.97 Å². The van der Waals surface area contributed by atoms with Gasteiger partial charge in [-0.15, -0.1) is 0 Å². The second kappa shape index (κ2) is 5.94. The number of hydrogen-bond acceptors (Lipinski definition) is 3. The smallest absolute Gasteiger partial charge is 0.330 e.